The van der Waals surface area contributed by atoms with Gasteiger partial charge in [0.2, 0.25) is 59.1 Å². The van der Waals surface area contributed by atoms with Crippen molar-refractivity contribution < 1.29 is 107 Å². The van der Waals surface area contributed by atoms with Crippen molar-refractivity contribution in [2.24, 2.45) is 5.92 Å². The lowest BCUT2D eigenvalue weighted by molar-refractivity contribution is -0.149. The van der Waals surface area contributed by atoms with Crippen LogP contribution >= 0.6 is 0 Å². The fraction of sp³-hybridized carbons (Fsp3) is 0.492. The number of rotatable bonds is 19. The number of amides is 10. The highest BCUT2D eigenvalue weighted by Gasteiger charge is 2.46. The van der Waals surface area contributed by atoms with Crippen LogP contribution in [0.5, 0.6) is 11.5 Å². The molecule has 3 heterocycles. The van der Waals surface area contributed by atoms with Gasteiger partial charge in [-0.25, -0.2) is 16.8 Å². The van der Waals surface area contributed by atoms with Crippen molar-refractivity contribution in [2.45, 2.75) is 158 Å². The fourth-order valence-corrected chi connectivity index (χ4v) is 11.5. The van der Waals surface area contributed by atoms with E-state index in [1.165, 1.54) is 34.1 Å². The zero-order chi connectivity index (χ0) is 69.2. The van der Waals surface area contributed by atoms with Crippen molar-refractivity contribution >= 4 is 91.8 Å². The van der Waals surface area contributed by atoms with Gasteiger partial charge in [-0.3, -0.25) is 57.5 Å². The van der Waals surface area contributed by atoms with Crippen LogP contribution in [0.3, 0.4) is 0 Å². The molecule has 33 nitrogen and oxygen atoms in total. The number of hydrogen-bond donors (Lipinski definition) is 11. The highest BCUT2D eigenvalue weighted by Crippen LogP contribution is 2.28. The Morgan fingerprint density at radius 2 is 0.926 bits per heavy atom. The van der Waals surface area contributed by atoms with Gasteiger partial charge in [0.15, 0.2) is 0 Å². The molecule has 0 bridgehead atoms. The molecular formula is C59H74N10O23S2-2. The molecule has 0 unspecified atom stereocenters. The summed E-state index contributed by atoms with van der Waals surface area (Å²) in [5.41, 5.74) is 0.726. The predicted molar refractivity (Wildman–Crippen MR) is 322 cm³/mol. The molecule has 10 amide bonds. The number of nitrogens with zero attached hydrogens (tertiary/aromatic N) is 2. The minimum Gasteiger partial charge on any atom is -0.716 e. The van der Waals surface area contributed by atoms with E-state index in [0.29, 0.717) is 5.56 Å². The lowest BCUT2D eigenvalue weighted by Gasteiger charge is -2.35. The quantitative estimate of drug-likeness (QED) is 0.0422. The van der Waals surface area contributed by atoms with Crippen molar-refractivity contribution in [2.75, 3.05) is 19.6 Å². The van der Waals surface area contributed by atoms with Crippen LogP contribution in [0.2, 0.25) is 0 Å². The first-order valence-electron chi connectivity index (χ1n) is 29.9. The molecule has 94 heavy (non-hydrogen) atoms. The van der Waals surface area contributed by atoms with Crippen LogP contribution in [0.4, 0.5) is 0 Å². The van der Waals surface area contributed by atoms with Crippen molar-refractivity contribution in [3.8, 4) is 11.5 Å². The zero-order valence-corrected chi connectivity index (χ0v) is 52.8. The maximum Gasteiger partial charge on any atom is 0.303 e. The molecule has 11 N–H and O–H groups in total. The Hall–Kier alpha value is -9.32. The molecule has 35 heteroatoms. The van der Waals surface area contributed by atoms with Gasteiger partial charge in [0.1, 0.15) is 65.9 Å². The Labute approximate surface area is 540 Å². The normalized spacial score (nSPS) is 24.5. The Bertz CT molecular complexity index is 3510. The SMILES string of the molecule is CC[C@H](C)[C@@H]1NC(=O)[C@H](CCC(=O)O)NC(=O)[C@H](Cc2ccccc2)NC(=O)[C@H]([C@@H](C)O)NC(=O)CNC(=O)[C@H](Cc2ccc(OS(=O)(=O)[O-])cc2)NC(=O)[C@H](CCC(=O)O)NC(=O)[C@H](Cc2ccc(OS(=O)(=O)[O-])cc2)NC(=O)[C@@H]2CCCN2C(=O)[C@H]2CCCN2C1=O. The minimum absolute atomic E-state index is 0.00808. The third-order valence-corrected chi connectivity index (χ3v) is 16.6. The summed E-state index contributed by atoms with van der Waals surface area (Å²) in [6.45, 7) is 3.38. The summed E-state index contributed by atoms with van der Waals surface area (Å²) in [4.78, 5) is 171. The summed E-state index contributed by atoms with van der Waals surface area (Å²) >= 11 is 0. The van der Waals surface area contributed by atoms with E-state index in [1.54, 1.807) is 44.2 Å². The standard InChI is InChI=1S/C59H76N10O23S2/c1-4-32(2)49-59(84)69-27-9-13-45(69)58(83)68-26-8-12-44(68)56(81)64-42(30-36-16-20-38(21-17-36)92-94(88,89)90)54(79)61-39(22-24-47(72)73)52(77)63-41(29-35-14-18-37(19-15-35)91-93(85,86)87)51(76)60-31-46(71)66-50(33(3)70)57(82)65-43(28-34-10-6-5-7-11-34)55(80)62-40(53(78)67-49)23-25-48(74)75/h5-7,10-11,14-21,32-33,39-45,49-50,70H,4,8-9,12-13,22-31H2,1-3H3,(H,60,76)(H,61,79)(H,62,80)(H,63,77)(H,64,81)(H,65,82)(H,66,71)(H,67,78)(H,72,73)(H,74,75)(H,85,86,87)(H,88,89,90)/p-2/t32-,33+,39-,40-,41-,42-,43-,44-,45+,49-,50-/m0/s1. The summed E-state index contributed by atoms with van der Waals surface area (Å²) in [5, 5.41) is 50.0. The van der Waals surface area contributed by atoms with E-state index in [1.807, 2.05) is 0 Å². The number of carbonyl (C=O) groups excluding carboxylic acids is 10. The van der Waals surface area contributed by atoms with E-state index < -0.39 is 215 Å². The molecule has 3 aromatic rings. The number of carboxylic acids is 2. The molecular weight excluding hydrogens is 1280 g/mol. The van der Waals surface area contributed by atoms with Gasteiger partial charge >= 0.3 is 11.9 Å². The number of benzene rings is 3. The Morgan fingerprint density at radius 1 is 0.521 bits per heavy atom. The van der Waals surface area contributed by atoms with Gasteiger partial charge < -0.3 is 85.1 Å². The Morgan fingerprint density at radius 3 is 1.38 bits per heavy atom. The van der Waals surface area contributed by atoms with Crippen LogP contribution < -0.4 is 50.9 Å². The third-order valence-electron chi connectivity index (χ3n) is 15.8. The summed E-state index contributed by atoms with van der Waals surface area (Å²) in [6.07, 6.45) is -4.96. The second-order valence-electron chi connectivity index (χ2n) is 22.8. The van der Waals surface area contributed by atoms with E-state index in [4.69, 9.17) is 0 Å². The molecule has 3 fully saturated rings. The fourth-order valence-electron chi connectivity index (χ4n) is 10.8. The molecule has 0 radical (unpaired) electrons. The number of carbonyl (C=O) groups is 12. The summed E-state index contributed by atoms with van der Waals surface area (Å²) < 4.78 is 76.8. The molecule has 0 saturated carbocycles. The molecule has 512 valence electrons. The molecule has 11 atom stereocenters. The highest BCUT2D eigenvalue weighted by atomic mass is 32.3. The molecule has 3 aliphatic heterocycles. The van der Waals surface area contributed by atoms with Gasteiger partial charge in [-0.1, -0.05) is 74.9 Å². The molecule has 3 aromatic carbocycles. The van der Waals surface area contributed by atoms with E-state index >= 15 is 0 Å². The Kier molecular flexibility index (Phi) is 26.3. The average Bonchev–Trinajstić information content (AvgIpc) is 1.61. The van der Waals surface area contributed by atoms with Crippen LogP contribution in [0.15, 0.2) is 78.9 Å². The molecule has 3 saturated heterocycles. The predicted octanol–water partition coefficient (Wildman–Crippen LogP) is -2.95. The number of aliphatic hydroxyl groups excluding tert-OH is 1. The van der Waals surface area contributed by atoms with E-state index in [0.717, 1.165) is 31.2 Å². The monoisotopic (exact) mass is 1350 g/mol. The van der Waals surface area contributed by atoms with Crippen molar-refractivity contribution in [1.82, 2.24) is 52.3 Å². The van der Waals surface area contributed by atoms with Gasteiger partial charge in [0.05, 0.1) is 12.6 Å². The maximum atomic E-state index is 14.9. The molecule has 0 spiro atoms. The number of aliphatic carboxylic acids is 2. The lowest BCUT2D eigenvalue weighted by Crippen LogP contribution is -2.62. The van der Waals surface area contributed by atoms with Crippen molar-refractivity contribution in [3.05, 3.63) is 95.6 Å². The van der Waals surface area contributed by atoms with E-state index in [2.05, 4.69) is 50.9 Å². The summed E-state index contributed by atoms with van der Waals surface area (Å²) in [6, 6.07) is 2.37. The van der Waals surface area contributed by atoms with Crippen LogP contribution in [-0.4, -0.2) is 202 Å². The number of aliphatic hydroxyl groups is 1. The number of nitrogens with one attached hydrogen (secondary N) is 8. The van der Waals surface area contributed by atoms with Gasteiger partial charge in [-0.05, 0) is 92.3 Å². The summed E-state index contributed by atoms with van der Waals surface area (Å²) in [7, 11) is -10.5. The van der Waals surface area contributed by atoms with Gasteiger partial charge in [-0.15, -0.1) is 0 Å². The summed E-state index contributed by atoms with van der Waals surface area (Å²) in [5.74, 6) is -14.8. The van der Waals surface area contributed by atoms with E-state index in [9.17, 15) is 98.8 Å². The van der Waals surface area contributed by atoms with Crippen LogP contribution in [0.1, 0.15) is 95.2 Å². The number of fused-ring (bicyclic) bond motifs is 2. The number of hydrogen-bond acceptors (Lipinski definition) is 21. The molecule has 0 aromatic heterocycles. The van der Waals surface area contributed by atoms with Crippen molar-refractivity contribution in [1.29, 1.82) is 0 Å². The van der Waals surface area contributed by atoms with Gasteiger partial charge in [-0.2, -0.15) is 0 Å². The molecule has 3 aliphatic rings. The molecule has 6 rings (SSSR count). The second kappa shape index (κ2) is 33.5. The van der Waals surface area contributed by atoms with E-state index in [-0.39, 0.29) is 62.7 Å². The third kappa shape index (κ3) is 22.2. The maximum absolute atomic E-state index is 14.9. The van der Waals surface area contributed by atoms with Gasteiger partial charge in [0, 0.05) is 45.2 Å². The smallest absolute Gasteiger partial charge is 0.303 e. The average molecular weight is 1360 g/mol. The molecule has 0 aliphatic carbocycles. The number of carboxylic acid groups (broad SMARTS) is 2. The largest absolute Gasteiger partial charge is 0.716 e. The van der Waals surface area contributed by atoms with Crippen molar-refractivity contribution in [3.63, 3.8) is 0 Å². The lowest BCUT2D eigenvalue weighted by atomic mass is 9.96. The zero-order valence-electron chi connectivity index (χ0n) is 51.2. The first-order chi connectivity index (χ1) is 44.3. The second-order valence-corrected chi connectivity index (χ2v) is 24.8. The topological polar surface area (TPSA) is 501 Å². The van der Waals surface area contributed by atoms with Crippen LogP contribution in [0.25, 0.3) is 0 Å². The highest BCUT2D eigenvalue weighted by molar-refractivity contribution is 7.81. The van der Waals surface area contributed by atoms with Crippen LogP contribution in [0, 0.1) is 5.92 Å². The Balaban J connectivity index is 1.43. The first kappa shape index (κ1) is 73.7. The van der Waals surface area contributed by atoms with Crippen LogP contribution in [-0.2, 0) is 97.6 Å². The van der Waals surface area contributed by atoms with Gasteiger partial charge in [0.25, 0.3) is 20.8 Å². The minimum atomic E-state index is -5.26. The first-order valence-corrected chi connectivity index (χ1v) is 32.6.